The number of hydrogen-bond acceptors (Lipinski definition) is 6. The minimum atomic E-state index is -0.481. The predicted octanol–water partition coefficient (Wildman–Crippen LogP) is 8.82. The second-order valence-electron chi connectivity index (χ2n) is 11.4. The van der Waals surface area contributed by atoms with Crippen molar-refractivity contribution in [3.63, 3.8) is 0 Å². The third-order valence-corrected chi connectivity index (χ3v) is 8.21. The van der Waals surface area contributed by atoms with Gasteiger partial charge in [-0.25, -0.2) is 0 Å². The molecule has 8 heteroatoms. The van der Waals surface area contributed by atoms with Crippen LogP contribution in [0.1, 0.15) is 120 Å². The van der Waals surface area contributed by atoms with Gasteiger partial charge in [0.15, 0.2) is 5.69 Å². The summed E-state index contributed by atoms with van der Waals surface area (Å²) in [5.74, 6) is 0.674. The number of amides is 1. The second kappa shape index (κ2) is 18.1. The fourth-order valence-electron chi connectivity index (χ4n) is 5.24. The smallest absolute Gasteiger partial charge is 0.281 e. The number of benzene rings is 1. The van der Waals surface area contributed by atoms with Crippen molar-refractivity contribution in [1.29, 1.82) is 5.26 Å². The lowest BCUT2D eigenvalue weighted by atomic mass is 9.95. The van der Waals surface area contributed by atoms with Gasteiger partial charge in [0.1, 0.15) is 11.6 Å². The summed E-state index contributed by atoms with van der Waals surface area (Å²) in [6, 6.07) is 8.98. The minimum Gasteiger partial charge on any atom is -0.493 e. The maximum Gasteiger partial charge on any atom is 0.281 e. The molecule has 0 aliphatic carbocycles. The largest absolute Gasteiger partial charge is 0.493 e. The fraction of sp³-hybridized carbons (Fsp3) is 0.618. The highest BCUT2D eigenvalue weighted by molar-refractivity contribution is 5.94. The number of pyridine rings is 1. The number of aromatic hydroxyl groups is 1. The summed E-state index contributed by atoms with van der Waals surface area (Å²) in [4.78, 5) is 28.9. The third-order valence-electron chi connectivity index (χ3n) is 8.21. The van der Waals surface area contributed by atoms with Crippen molar-refractivity contribution >= 4 is 17.3 Å². The van der Waals surface area contributed by atoms with Gasteiger partial charge in [-0.15, -0.1) is 5.11 Å². The highest BCUT2D eigenvalue weighted by Gasteiger charge is 2.23. The summed E-state index contributed by atoms with van der Waals surface area (Å²) in [5.41, 5.74) is 0.967. The summed E-state index contributed by atoms with van der Waals surface area (Å²) in [6.45, 7) is 14.2. The standard InChI is InChI=1S/C34H51N5O3/c1-7-12-15-26(10-4)23-38(24-27(11-5)16-13-8-2)32(40)28-17-19-29(20-18-28)36-37-31-25(6)30(22-35)33(41)39(34(31)42)21-14-9-3/h17-20,26-27,41H,7-16,21,23-24H2,1-6H3. The number of nitriles is 1. The number of aromatic nitrogens is 1. The van der Waals surface area contributed by atoms with Crippen LogP contribution in [0.25, 0.3) is 0 Å². The number of carbonyl (C=O) groups is 1. The zero-order chi connectivity index (χ0) is 31.1. The zero-order valence-electron chi connectivity index (χ0n) is 26.7. The van der Waals surface area contributed by atoms with Crippen LogP contribution in [0.15, 0.2) is 39.3 Å². The van der Waals surface area contributed by atoms with Gasteiger partial charge in [0, 0.05) is 30.8 Å². The average Bonchev–Trinajstić information content (AvgIpc) is 3.00. The van der Waals surface area contributed by atoms with Crippen LogP contribution >= 0.6 is 0 Å². The summed E-state index contributed by atoms with van der Waals surface area (Å²) >= 11 is 0. The molecule has 2 unspecified atom stereocenters. The molecule has 8 nitrogen and oxygen atoms in total. The molecule has 0 radical (unpaired) electrons. The van der Waals surface area contributed by atoms with Crippen molar-refractivity contribution < 1.29 is 9.90 Å². The predicted molar refractivity (Wildman–Crippen MR) is 170 cm³/mol. The van der Waals surface area contributed by atoms with Crippen LogP contribution in [-0.4, -0.2) is 33.6 Å². The Bertz CT molecular complexity index is 1240. The van der Waals surface area contributed by atoms with Gasteiger partial charge in [-0.1, -0.05) is 79.6 Å². The lowest BCUT2D eigenvalue weighted by Gasteiger charge is -2.31. The third kappa shape index (κ3) is 9.54. The van der Waals surface area contributed by atoms with Crippen molar-refractivity contribution in [2.24, 2.45) is 22.1 Å². The minimum absolute atomic E-state index is 0.0225. The molecule has 2 rings (SSSR count). The molecule has 0 saturated heterocycles. The molecule has 1 aromatic carbocycles. The van der Waals surface area contributed by atoms with Gasteiger partial charge in [-0.2, -0.15) is 10.4 Å². The van der Waals surface area contributed by atoms with Crippen molar-refractivity contribution in [3.05, 3.63) is 51.3 Å². The van der Waals surface area contributed by atoms with Crippen molar-refractivity contribution in [1.82, 2.24) is 9.47 Å². The molecule has 0 bridgehead atoms. The highest BCUT2D eigenvalue weighted by Crippen LogP contribution is 2.28. The Morgan fingerprint density at radius 2 is 1.48 bits per heavy atom. The van der Waals surface area contributed by atoms with Gasteiger partial charge < -0.3 is 10.0 Å². The first-order valence-corrected chi connectivity index (χ1v) is 15.9. The first-order valence-electron chi connectivity index (χ1n) is 15.9. The quantitative estimate of drug-likeness (QED) is 0.178. The van der Waals surface area contributed by atoms with E-state index in [4.69, 9.17) is 0 Å². The Hall–Kier alpha value is -3.47. The normalized spacial score (nSPS) is 12.8. The van der Waals surface area contributed by atoms with Gasteiger partial charge >= 0.3 is 0 Å². The van der Waals surface area contributed by atoms with E-state index in [0.717, 1.165) is 58.0 Å². The number of rotatable bonds is 18. The van der Waals surface area contributed by atoms with Crippen LogP contribution in [0.2, 0.25) is 0 Å². The Labute approximate surface area is 252 Å². The molecular formula is C34H51N5O3. The van der Waals surface area contributed by atoms with E-state index in [1.165, 1.54) is 17.4 Å². The van der Waals surface area contributed by atoms with Crippen molar-refractivity contribution in [3.8, 4) is 11.9 Å². The Kier molecular flexibility index (Phi) is 15.0. The molecule has 2 aromatic rings. The van der Waals surface area contributed by atoms with E-state index < -0.39 is 5.56 Å². The SMILES string of the molecule is CCCCC(CC)CN(CC(CC)CCCC)C(=O)c1ccc(N=Nc2c(C)c(C#N)c(O)n(CCCC)c2=O)cc1. The van der Waals surface area contributed by atoms with E-state index in [1.54, 1.807) is 31.2 Å². The van der Waals surface area contributed by atoms with Gasteiger partial charge in [-0.05, 0) is 62.3 Å². The molecule has 0 saturated carbocycles. The topological polar surface area (TPSA) is 111 Å². The fourth-order valence-corrected chi connectivity index (χ4v) is 5.24. The monoisotopic (exact) mass is 577 g/mol. The van der Waals surface area contributed by atoms with Crippen molar-refractivity contribution in [2.45, 2.75) is 112 Å². The van der Waals surface area contributed by atoms with Gasteiger partial charge in [0.05, 0.1) is 5.69 Å². The van der Waals surface area contributed by atoms with Crippen LogP contribution in [0.4, 0.5) is 11.4 Å². The van der Waals surface area contributed by atoms with Crippen LogP contribution in [0.5, 0.6) is 5.88 Å². The highest BCUT2D eigenvalue weighted by atomic mass is 16.3. The maximum atomic E-state index is 13.8. The van der Waals surface area contributed by atoms with E-state index in [0.29, 0.717) is 41.6 Å². The molecule has 0 aliphatic rings. The zero-order valence-corrected chi connectivity index (χ0v) is 26.7. The number of carbonyl (C=O) groups excluding carboxylic acids is 1. The summed E-state index contributed by atoms with van der Waals surface area (Å²) in [7, 11) is 0. The van der Waals surface area contributed by atoms with E-state index in [-0.39, 0.29) is 23.0 Å². The molecule has 1 N–H and O–H groups in total. The Balaban J connectivity index is 2.34. The number of azo groups is 1. The van der Waals surface area contributed by atoms with Crippen LogP contribution in [0, 0.1) is 30.1 Å². The molecule has 1 heterocycles. The summed E-state index contributed by atoms with van der Waals surface area (Å²) in [5, 5.41) is 28.5. The molecule has 0 fully saturated rings. The number of unbranched alkanes of at least 4 members (excludes halogenated alkanes) is 3. The van der Waals surface area contributed by atoms with Crippen LogP contribution in [-0.2, 0) is 6.54 Å². The molecule has 0 aliphatic heterocycles. The molecule has 1 amide bonds. The van der Waals surface area contributed by atoms with Crippen LogP contribution < -0.4 is 5.56 Å². The molecular weight excluding hydrogens is 526 g/mol. The lowest BCUT2D eigenvalue weighted by molar-refractivity contribution is 0.0685. The summed E-state index contributed by atoms with van der Waals surface area (Å²) in [6.07, 6.45) is 10.5. The van der Waals surface area contributed by atoms with E-state index >= 15 is 0 Å². The van der Waals surface area contributed by atoms with Crippen LogP contribution in [0.3, 0.4) is 0 Å². The van der Waals surface area contributed by atoms with Gasteiger partial charge in [-0.3, -0.25) is 14.2 Å². The maximum absolute atomic E-state index is 13.8. The number of hydrogen-bond donors (Lipinski definition) is 1. The Morgan fingerprint density at radius 3 is 1.95 bits per heavy atom. The van der Waals surface area contributed by atoms with Gasteiger partial charge in [0.2, 0.25) is 5.88 Å². The first-order chi connectivity index (χ1) is 20.3. The molecule has 2 atom stereocenters. The Morgan fingerprint density at radius 1 is 0.929 bits per heavy atom. The van der Waals surface area contributed by atoms with E-state index in [1.807, 2.05) is 13.0 Å². The van der Waals surface area contributed by atoms with E-state index in [2.05, 4.69) is 42.8 Å². The molecule has 1 aromatic heterocycles. The average molecular weight is 578 g/mol. The summed E-state index contributed by atoms with van der Waals surface area (Å²) < 4.78 is 1.19. The molecule has 0 spiro atoms. The molecule has 42 heavy (non-hydrogen) atoms. The lowest BCUT2D eigenvalue weighted by Crippen LogP contribution is -2.39. The molecule has 230 valence electrons. The van der Waals surface area contributed by atoms with E-state index in [9.17, 15) is 20.0 Å². The number of nitrogens with zero attached hydrogens (tertiary/aromatic N) is 5. The van der Waals surface area contributed by atoms with Gasteiger partial charge in [0.25, 0.3) is 11.5 Å². The van der Waals surface area contributed by atoms with Crippen molar-refractivity contribution in [2.75, 3.05) is 13.1 Å². The second-order valence-corrected chi connectivity index (χ2v) is 11.4. The first kappa shape index (κ1) is 34.7.